The first kappa shape index (κ1) is 14.7. The van der Waals surface area contributed by atoms with E-state index >= 15 is 0 Å². The number of likely N-dealkylation sites (N-methyl/N-ethyl adjacent to an activating group) is 1. The van der Waals surface area contributed by atoms with Crippen LogP contribution in [-0.2, 0) is 4.79 Å². The zero-order valence-corrected chi connectivity index (χ0v) is 12.3. The lowest BCUT2D eigenvalue weighted by Crippen LogP contribution is -2.41. The Labute approximate surface area is 120 Å². The number of nitrogens with two attached hydrogens (primary N) is 1. The van der Waals surface area contributed by atoms with Crippen molar-refractivity contribution in [2.45, 2.75) is 38.6 Å². The van der Waals surface area contributed by atoms with Crippen molar-refractivity contribution >= 4 is 11.6 Å². The Kier molecular flexibility index (Phi) is 4.88. The first-order valence-corrected chi connectivity index (χ1v) is 7.31. The van der Waals surface area contributed by atoms with Crippen LogP contribution in [0.2, 0.25) is 0 Å². The molecule has 1 aromatic rings. The third-order valence-corrected chi connectivity index (χ3v) is 4.20. The van der Waals surface area contributed by atoms with Crippen molar-refractivity contribution in [3.8, 4) is 5.75 Å². The predicted octanol–water partition coefficient (Wildman–Crippen LogP) is 2.68. The zero-order valence-electron chi connectivity index (χ0n) is 12.3. The monoisotopic (exact) mass is 276 g/mol. The number of rotatable bonds is 4. The fourth-order valence-corrected chi connectivity index (χ4v) is 2.69. The van der Waals surface area contributed by atoms with Crippen LogP contribution in [0.15, 0.2) is 24.3 Å². The summed E-state index contributed by atoms with van der Waals surface area (Å²) in [5, 5.41) is 0. The first-order chi connectivity index (χ1) is 9.58. The van der Waals surface area contributed by atoms with Gasteiger partial charge < -0.3 is 15.4 Å². The van der Waals surface area contributed by atoms with Crippen LogP contribution in [0, 0.1) is 5.92 Å². The summed E-state index contributed by atoms with van der Waals surface area (Å²) in [6.45, 7) is 2.33. The minimum absolute atomic E-state index is 0.0211. The average molecular weight is 276 g/mol. The summed E-state index contributed by atoms with van der Waals surface area (Å²) in [6.07, 6.45) is 4.59. The lowest BCUT2D eigenvalue weighted by molar-refractivity contribution is -0.134. The van der Waals surface area contributed by atoms with Gasteiger partial charge in [0.1, 0.15) is 5.75 Å². The van der Waals surface area contributed by atoms with Crippen molar-refractivity contribution in [1.29, 1.82) is 0 Å². The molecule has 2 N–H and O–H groups in total. The fraction of sp³-hybridized carbons (Fsp3) is 0.562. The van der Waals surface area contributed by atoms with Gasteiger partial charge in [0, 0.05) is 13.1 Å². The Bertz CT molecular complexity index is 454. The van der Waals surface area contributed by atoms with E-state index in [0.29, 0.717) is 17.5 Å². The highest BCUT2D eigenvalue weighted by molar-refractivity contribution is 5.78. The van der Waals surface area contributed by atoms with Crippen molar-refractivity contribution in [3.63, 3.8) is 0 Å². The van der Waals surface area contributed by atoms with Gasteiger partial charge in [0.2, 0.25) is 0 Å². The molecule has 1 aliphatic rings. The SMILES string of the molecule is CC1CCC(N(C)C(=O)COc2ccccc2N)CC1. The zero-order chi connectivity index (χ0) is 14.5. The molecule has 0 aromatic heterocycles. The second-order valence-electron chi connectivity index (χ2n) is 5.74. The molecular formula is C16H24N2O2. The number of carbonyl (C=O) groups is 1. The molecule has 0 atom stereocenters. The molecule has 0 bridgehead atoms. The molecule has 2 rings (SSSR count). The summed E-state index contributed by atoms with van der Waals surface area (Å²) in [7, 11) is 1.88. The maximum Gasteiger partial charge on any atom is 0.260 e. The lowest BCUT2D eigenvalue weighted by atomic mass is 9.87. The Morgan fingerprint density at radius 1 is 1.30 bits per heavy atom. The molecule has 0 unspecified atom stereocenters. The van der Waals surface area contributed by atoms with E-state index in [2.05, 4.69) is 6.92 Å². The number of carbonyl (C=O) groups excluding carboxylic acids is 1. The van der Waals surface area contributed by atoms with Gasteiger partial charge in [-0.25, -0.2) is 0 Å². The van der Waals surface area contributed by atoms with Crippen molar-refractivity contribution in [2.24, 2.45) is 5.92 Å². The van der Waals surface area contributed by atoms with Crippen LogP contribution >= 0.6 is 0 Å². The Morgan fingerprint density at radius 2 is 1.95 bits per heavy atom. The van der Waals surface area contributed by atoms with Crippen LogP contribution in [0.5, 0.6) is 5.75 Å². The van der Waals surface area contributed by atoms with Crippen molar-refractivity contribution in [3.05, 3.63) is 24.3 Å². The van der Waals surface area contributed by atoms with Gasteiger partial charge >= 0.3 is 0 Å². The van der Waals surface area contributed by atoms with E-state index < -0.39 is 0 Å². The number of amides is 1. The topological polar surface area (TPSA) is 55.6 Å². The van der Waals surface area contributed by atoms with Crippen molar-refractivity contribution in [1.82, 2.24) is 4.90 Å². The van der Waals surface area contributed by atoms with Crippen molar-refractivity contribution in [2.75, 3.05) is 19.4 Å². The summed E-state index contributed by atoms with van der Waals surface area (Å²) in [4.78, 5) is 14.0. The molecule has 0 saturated heterocycles. The van der Waals surface area contributed by atoms with E-state index in [1.807, 2.05) is 24.1 Å². The third kappa shape index (κ3) is 3.65. The minimum Gasteiger partial charge on any atom is -0.482 e. The summed E-state index contributed by atoms with van der Waals surface area (Å²) >= 11 is 0. The third-order valence-electron chi connectivity index (χ3n) is 4.20. The van der Waals surface area contributed by atoms with Crippen LogP contribution in [-0.4, -0.2) is 30.5 Å². The molecule has 110 valence electrons. The predicted molar refractivity (Wildman–Crippen MR) is 80.5 cm³/mol. The maximum atomic E-state index is 12.2. The normalized spacial score (nSPS) is 22.3. The quantitative estimate of drug-likeness (QED) is 0.860. The van der Waals surface area contributed by atoms with Gasteiger partial charge in [-0.15, -0.1) is 0 Å². The molecule has 4 heteroatoms. The molecule has 1 amide bonds. The largest absolute Gasteiger partial charge is 0.482 e. The number of nitrogens with zero attached hydrogens (tertiary/aromatic N) is 1. The van der Waals surface area contributed by atoms with Crippen LogP contribution in [0.1, 0.15) is 32.6 Å². The summed E-state index contributed by atoms with van der Waals surface area (Å²) in [5.41, 5.74) is 6.36. The van der Waals surface area contributed by atoms with E-state index in [1.54, 1.807) is 12.1 Å². The molecule has 1 aromatic carbocycles. The molecular weight excluding hydrogens is 252 g/mol. The number of ether oxygens (including phenoxy) is 1. The molecule has 20 heavy (non-hydrogen) atoms. The minimum atomic E-state index is 0.0211. The highest BCUT2D eigenvalue weighted by Gasteiger charge is 2.24. The lowest BCUT2D eigenvalue weighted by Gasteiger charge is -2.33. The second-order valence-corrected chi connectivity index (χ2v) is 5.74. The number of benzene rings is 1. The maximum absolute atomic E-state index is 12.2. The smallest absolute Gasteiger partial charge is 0.260 e. The number of hydrogen-bond donors (Lipinski definition) is 1. The Morgan fingerprint density at radius 3 is 2.60 bits per heavy atom. The number of anilines is 1. The number of hydrogen-bond acceptors (Lipinski definition) is 3. The molecule has 1 aliphatic carbocycles. The van der Waals surface area contributed by atoms with Crippen LogP contribution in [0.3, 0.4) is 0 Å². The van der Waals surface area contributed by atoms with Crippen molar-refractivity contribution < 1.29 is 9.53 Å². The number of para-hydroxylation sites is 2. The van der Waals surface area contributed by atoms with E-state index in [1.165, 1.54) is 12.8 Å². The van der Waals surface area contributed by atoms with Crippen LogP contribution in [0.25, 0.3) is 0 Å². The van der Waals surface area contributed by atoms with E-state index in [4.69, 9.17) is 10.5 Å². The summed E-state index contributed by atoms with van der Waals surface area (Å²) in [6, 6.07) is 7.61. The molecule has 0 aliphatic heterocycles. The highest BCUT2D eigenvalue weighted by Crippen LogP contribution is 2.26. The molecule has 0 radical (unpaired) electrons. The standard InChI is InChI=1S/C16H24N2O2/c1-12-7-9-13(10-8-12)18(2)16(19)11-20-15-6-4-3-5-14(15)17/h3-6,12-13H,7-11,17H2,1-2H3. The average Bonchev–Trinajstić information content (AvgIpc) is 2.46. The van der Waals surface area contributed by atoms with Gasteiger partial charge in [-0.1, -0.05) is 19.1 Å². The summed E-state index contributed by atoms with van der Waals surface area (Å²) in [5.74, 6) is 1.38. The molecule has 4 nitrogen and oxygen atoms in total. The van der Waals surface area contributed by atoms with Gasteiger partial charge in [-0.2, -0.15) is 0 Å². The Balaban J connectivity index is 1.84. The molecule has 0 spiro atoms. The van der Waals surface area contributed by atoms with Crippen LogP contribution in [0.4, 0.5) is 5.69 Å². The molecule has 1 saturated carbocycles. The van der Waals surface area contributed by atoms with Gasteiger partial charge in [0.05, 0.1) is 5.69 Å². The summed E-state index contributed by atoms with van der Waals surface area (Å²) < 4.78 is 5.52. The van der Waals surface area contributed by atoms with Gasteiger partial charge in [-0.05, 0) is 43.7 Å². The van der Waals surface area contributed by atoms with Crippen LogP contribution < -0.4 is 10.5 Å². The highest BCUT2D eigenvalue weighted by atomic mass is 16.5. The van der Waals surface area contributed by atoms with E-state index in [0.717, 1.165) is 18.8 Å². The van der Waals surface area contributed by atoms with E-state index in [9.17, 15) is 4.79 Å². The number of nitrogen functional groups attached to an aromatic ring is 1. The fourth-order valence-electron chi connectivity index (χ4n) is 2.69. The van der Waals surface area contributed by atoms with Gasteiger partial charge in [-0.3, -0.25) is 4.79 Å². The second kappa shape index (κ2) is 6.64. The van der Waals surface area contributed by atoms with Gasteiger partial charge in [0.15, 0.2) is 6.61 Å². The molecule has 0 heterocycles. The van der Waals surface area contributed by atoms with E-state index in [-0.39, 0.29) is 12.5 Å². The Hall–Kier alpha value is -1.71. The molecule has 1 fully saturated rings. The first-order valence-electron chi connectivity index (χ1n) is 7.31. The van der Waals surface area contributed by atoms with Gasteiger partial charge in [0.25, 0.3) is 5.91 Å².